The van der Waals surface area contributed by atoms with E-state index in [0.717, 1.165) is 59.1 Å². The monoisotopic (exact) mass is 522 g/mol. The molecule has 1 aromatic carbocycles. The second-order valence-corrected chi connectivity index (χ2v) is 9.93. The summed E-state index contributed by atoms with van der Waals surface area (Å²) in [5.41, 5.74) is 12.8. The van der Waals surface area contributed by atoms with Gasteiger partial charge in [0.25, 0.3) is 0 Å². The molecule has 2 aliphatic rings. The summed E-state index contributed by atoms with van der Waals surface area (Å²) in [5.74, 6) is 0.474. The molecule has 6 nitrogen and oxygen atoms in total. The summed E-state index contributed by atoms with van der Waals surface area (Å²) in [7, 11) is 0. The fourth-order valence-electron chi connectivity index (χ4n) is 4.98. The molecule has 0 unspecified atom stereocenters. The standard InChI is InChI=1S/C27H31BrN4O2/c1-3-4-8-21(16-20-9-6-5-7-18(20)2)22-17-30-32-25(29)23(28)24(31-26(22)32)19-10-12-27(13-11-19)33-14-15-34-27/h4-9,16-17,19H,3,10-15,29H2,1-2H3. The molecular formula is C27H31BrN4O2. The minimum Gasteiger partial charge on any atom is -0.383 e. The van der Waals surface area contributed by atoms with Crippen LogP contribution < -0.4 is 5.73 Å². The van der Waals surface area contributed by atoms with E-state index < -0.39 is 5.79 Å². The van der Waals surface area contributed by atoms with Crippen molar-refractivity contribution in [1.82, 2.24) is 14.6 Å². The highest BCUT2D eigenvalue weighted by Gasteiger charge is 2.41. The molecule has 1 spiro atoms. The van der Waals surface area contributed by atoms with Crippen molar-refractivity contribution in [3.63, 3.8) is 0 Å². The molecule has 7 heteroatoms. The number of aryl methyl sites for hydroxylation is 1. The number of halogens is 1. The Bertz CT molecular complexity index is 1250. The van der Waals surface area contributed by atoms with E-state index in [9.17, 15) is 0 Å². The summed E-state index contributed by atoms with van der Waals surface area (Å²) in [6, 6.07) is 8.39. The van der Waals surface area contributed by atoms with Crippen molar-refractivity contribution >= 4 is 39.0 Å². The van der Waals surface area contributed by atoms with Gasteiger partial charge in [-0.25, -0.2) is 4.98 Å². The zero-order valence-corrected chi connectivity index (χ0v) is 21.3. The lowest BCUT2D eigenvalue weighted by atomic mass is 9.83. The van der Waals surface area contributed by atoms with Crippen LogP contribution in [0.25, 0.3) is 17.3 Å². The van der Waals surface area contributed by atoms with Crippen LogP contribution in [-0.4, -0.2) is 33.6 Å². The number of fused-ring (bicyclic) bond motifs is 1. The molecule has 1 saturated carbocycles. The average molecular weight is 523 g/mol. The van der Waals surface area contributed by atoms with E-state index in [1.165, 1.54) is 11.1 Å². The van der Waals surface area contributed by atoms with Crippen LogP contribution in [0.5, 0.6) is 0 Å². The zero-order chi connectivity index (χ0) is 23.7. The van der Waals surface area contributed by atoms with Crippen molar-refractivity contribution in [2.24, 2.45) is 0 Å². The lowest BCUT2D eigenvalue weighted by Crippen LogP contribution is -2.34. The third-order valence-corrected chi connectivity index (χ3v) is 7.75. The molecule has 1 aliphatic heterocycles. The van der Waals surface area contributed by atoms with Crippen molar-refractivity contribution in [2.45, 2.75) is 57.7 Å². The maximum Gasteiger partial charge on any atom is 0.168 e. The first kappa shape index (κ1) is 23.3. The Morgan fingerprint density at radius 1 is 1.24 bits per heavy atom. The summed E-state index contributed by atoms with van der Waals surface area (Å²) < 4.78 is 14.4. The topological polar surface area (TPSA) is 74.7 Å². The lowest BCUT2D eigenvalue weighted by molar-refractivity contribution is -0.178. The first-order chi connectivity index (χ1) is 16.5. The smallest absolute Gasteiger partial charge is 0.168 e. The summed E-state index contributed by atoms with van der Waals surface area (Å²) in [4.78, 5) is 5.14. The molecule has 0 amide bonds. The molecule has 0 bridgehead atoms. The number of nitrogens with two attached hydrogens (primary N) is 1. The highest BCUT2D eigenvalue weighted by Crippen LogP contribution is 2.44. The fourth-order valence-corrected chi connectivity index (χ4v) is 5.56. The van der Waals surface area contributed by atoms with E-state index in [1.54, 1.807) is 4.52 Å². The van der Waals surface area contributed by atoms with Crippen molar-refractivity contribution in [3.8, 4) is 0 Å². The van der Waals surface area contributed by atoms with E-state index in [1.807, 2.05) is 6.20 Å². The SMILES string of the molecule is CCC=CC(=Cc1ccccc1C)c1cnn2c(N)c(Br)c(C3CCC4(CC3)OCCO4)nc12. The maximum absolute atomic E-state index is 6.56. The Hall–Kier alpha value is -2.48. The van der Waals surface area contributed by atoms with Crippen LogP contribution >= 0.6 is 15.9 Å². The molecular weight excluding hydrogens is 492 g/mol. The normalized spacial score (nSPS) is 19.1. The Morgan fingerprint density at radius 3 is 2.68 bits per heavy atom. The van der Waals surface area contributed by atoms with Gasteiger partial charge in [-0.05, 0) is 64.9 Å². The molecule has 3 aromatic rings. The number of hydrogen-bond acceptors (Lipinski definition) is 5. The van der Waals surface area contributed by atoms with Gasteiger partial charge in [0.2, 0.25) is 0 Å². The Labute approximate surface area is 209 Å². The number of allylic oxidation sites excluding steroid dienone is 3. The minimum absolute atomic E-state index is 0.290. The van der Waals surface area contributed by atoms with Crippen molar-refractivity contribution in [1.29, 1.82) is 0 Å². The molecule has 1 aliphatic carbocycles. The van der Waals surface area contributed by atoms with Gasteiger partial charge in [-0.2, -0.15) is 9.61 Å². The van der Waals surface area contributed by atoms with Crippen molar-refractivity contribution in [2.75, 3.05) is 18.9 Å². The van der Waals surface area contributed by atoms with Crippen molar-refractivity contribution in [3.05, 3.63) is 69.5 Å². The number of rotatable bonds is 5. The highest BCUT2D eigenvalue weighted by molar-refractivity contribution is 9.10. The highest BCUT2D eigenvalue weighted by atomic mass is 79.9. The number of anilines is 1. The third kappa shape index (κ3) is 4.32. The molecule has 2 aromatic heterocycles. The van der Waals surface area contributed by atoms with Crippen molar-refractivity contribution < 1.29 is 9.47 Å². The minimum atomic E-state index is -0.394. The second kappa shape index (κ2) is 9.64. The molecule has 34 heavy (non-hydrogen) atoms. The van der Waals surface area contributed by atoms with Gasteiger partial charge in [0.05, 0.1) is 29.6 Å². The Morgan fingerprint density at radius 2 is 1.97 bits per heavy atom. The van der Waals surface area contributed by atoms with Crippen LogP contribution in [0.2, 0.25) is 0 Å². The molecule has 0 radical (unpaired) electrons. The second-order valence-electron chi connectivity index (χ2n) is 9.14. The van der Waals surface area contributed by atoms with Gasteiger partial charge >= 0.3 is 0 Å². The predicted molar refractivity (Wildman–Crippen MR) is 139 cm³/mol. The Balaban J connectivity index is 1.56. The fraction of sp³-hybridized carbons (Fsp3) is 0.407. The van der Waals surface area contributed by atoms with Crippen LogP contribution in [0.1, 0.15) is 67.3 Å². The first-order valence-electron chi connectivity index (χ1n) is 12.1. The largest absolute Gasteiger partial charge is 0.383 e. The maximum atomic E-state index is 6.56. The average Bonchev–Trinajstić information content (AvgIpc) is 3.48. The summed E-state index contributed by atoms with van der Waals surface area (Å²) in [6.45, 7) is 5.64. The van der Waals surface area contributed by atoms with E-state index in [2.05, 4.69) is 77.4 Å². The summed E-state index contributed by atoms with van der Waals surface area (Å²) >= 11 is 3.72. The number of hydrogen-bond donors (Lipinski definition) is 1. The molecule has 0 atom stereocenters. The lowest BCUT2D eigenvalue weighted by Gasteiger charge is -2.35. The summed E-state index contributed by atoms with van der Waals surface area (Å²) in [6.07, 6.45) is 13.0. The number of benzene rings is 1. The molecule has 178 valence electrons. The van der Waals surface area contributed by atoms with E-state index in [0.29, 0.717) is 19.0 Å². The van der Waals surface area contributed by atoms with E-state index in [4.69, 9.17) is 20.2 Å². The first-order valence-corrected chi connectivity index (χ1v) is 12.9. The number of ether oxygens (including phenoxy) is 2. The third-order valence-electron chi connectivity index (χ3n) is 6.94. The number of nitrogen functional groups attached to an aromatic ring is 1. The van der Waals surface area contributed by atoms with Gasteiger partial charge < -0.3 is 15.2 Å². The number of nitrogens with zero attached hydrogens (tertiary/aromatic N) is 3. The molecule has 3 heterocycles. The van der Waals surface area contributed by atoms with Gasteiger partial charge in [-0.1, -0.05) is 43.3 Å². The zero-order valence-electron chi connectivity index (χ0n) is 19.8. The van der Waals surface area contributed by atoms with E-state index >= 15 is 0 Å². The van der Waals surface area contributed by atoms with E-state index in [-0.39, 0.29) is 5.92 Å². The number of aromatic nitrogens is 3. The molecule has 1 saturated heterocycles. The van der Waals surface area contributed by atoms with Crippen LogP contribution in [0.4, 0.5) is 5.82 Å². The van der Waals surface area contributed by atoms with Gasteiger partial charge in [0.1, 0.15) is 5.82 Å². The molecule has 2 fully saturated rings. The summed E-state index contributed by atoms with van der Waals surface area (Å²) in [5, 5.41) is 4.60. The van der Waals surface area contributed by atoms with Crippen LogP contribution in [0.3, 0.4) is 0 Å². The van der Waals surface area contributed by atoms with Gasteiger partial charge in [0, 0.05) is 24.3 Å². The van der Waals surface area contributed by atoms with Gasteiger partial charge in [0.15, 0.2) is 11.4 Å². The Kier molecular flexibility index (Phi) is 6.60. The van der Waals surface area contributed by atoms with Gasteiger partial charge in [-0.15, -0.1) is 0 Å². The predicted octanol–water partition coefficient (Wildman–Crippen LogP) is 6.29. The molecule has 2 N–H and O–H groups in total. The van der Waals surface area contributed by atoms with Crippen LogP contribution in [-0.2, 0) is 9.47 Å². The van der Waals surface area contributed by atoms with Gasteiger partial charge in [-0.3, -0.25) is 0 Å². The quantitative estimate of drug-likeness (QED) is 0.398. The van der Waals surface area contributed by atoms with Crippen LogP contribution in [0, 0.1) is 6.92 Å². The van der Waals surface area contributed by atoms with Crippen LogP contribution in [0.15, 0.2) is 47.1 Å². The molecule has 5 rings (SSSR count).